The fraction of sp³-hybridized carbons (Fsp3) is 0.429. The Bertz CT molecular complexity index is 634. The second-order valence-corrected chi connectivity index (χ2v) is 5.82. The lowest BCUT2D eigenvalue weighted by atomic mass is 9.81. The number of ether oxygens (including phenoxy) is 1. The van der Waals surface area contributed by atoms with E-state index in [0.29, 0.717) is 10.9 Å². The topological polar surface area (TPSA) is 75.1 Å². The van der Waals surface area contributed by atoms with E-state index < -0.39 is 5.72 Å². The van der Waals surface area contributed by atoms with Crippen LogP contribution in [0.3, 0.4) is 0 Å². The highest BCUT2D eigenvalue weighted by molar-refractivity contribution is 7.80. The number of nitrogens with zero attached hydrogens (tertiary/aromatic N) is 1. The van der Waals surface area contributed by atoms with Crippen molar-refractivity contribution in [2.24, 2.45) is 11.1 Å². The van der Waals surface area contributed by atoms with E-state index in [-0.39, 0.29) is 17.7 Å². The molecular formula is C14H17N3O3S. The Morgan fingerprint density at radius 3 is 2.95 bits per heavy atom. The first-order valence-corrected chi connectivity index (χ1v) is 7.03. The fourth-order valence-electron chi connectivity index (χ4n) is 2.99. The zero-order valence-corrected chi connectivity index (χ0v) is 12.8. The molecule has 0 amide bonds. The van der Waals surface area contributed by atoms with Gasteiger partial charge in [-0.2, -0.15) is 0 Å². The normalized spacial score (nSPS) is 30.6. The summed E-state index contributed by atoms with van der Waals surface area (Å²) in [5.41, 5.74) is 1.17. The minimum atomic E-state index is -0.664. The summed E-state index contributed by atoms with van der Waals surface area (Å²) in [6.07, 6.45) is 0. The molecule has 21 heavy (non-hydrogen) atoms. The van der Waals surface area contributed by atoms with Gasteiger partial charge in [0.05, 0.1) is 24.8 Å². The zero-order chi connectivity index (χ0) is 15.2. The minimum Gasteiger partial charge on any atom is -0.504 e. The van der Waals surface area contributed by atoms with E-state index in [9.17, 15) is 5.11 Å². The molecule has 0 aromatic heterocycles. The monoisotopic (exact) mass is 307 g/mol. The Morgan fingerprint density at radius 1 is 1.48 bits per heavy atom. The van der Waals surface area contributed by atoms with Crippen LogP contribution in [0.5, 0.6) is 11.5 Å². The molecule has 3 atom stereocenters. The number of hydrogen-bond acceptors (Lipinski definition) is 5. The Morgan fingerprint density at radius 2 is 2.24 bits per heavy atom. The first-order chi connectivity index (χ1) is 9.94. The lowest BCUT2D eigenvalue weighted by Gasteiger charge is -2.42. The van der Waals surface area contributed by atoms with Crippen molar-refractivity contribution in [3.63, 3.8) is 0 Å². The number of phenolic OH excluding ortho intramolecular Hbond substituents is 1. The van der Waals surface area contributed by atoms with Gasteiger partial charge >= 0.3 is 0 Å². The van der Waals surface area contributed by atoms with E-state index >= 15 is 0 Å². The molecule has 0 bridgehead atoms. The van der Waals surface area contributed by atoms with Gasteiger partial charge < -0.3 is 25.3 Å². The van der Waals surface area contributed by atoms with Crippen LogP contribution in [-0.4, -0.2) is 28.8 Å². The largest absolute Gasteiger partial charge is 0.504 e. The molecule has 3 N–H and O–H groups in total. The van der Waals surface area contributed by atoms with Gasteiger partial charge in [-0.1, -0.05) is 11.2 Å². The summed E-state index contributed by atoms with van der Waals surface area (Å²) in [5.74, 6) is 0.515. The van der Waals surface area contributed by atoms with E-state index in [4.69, 9.17) is 21.8 Å². The Kier molecular flexibility index (Phi) is 3.16. The molecule has 0 spiro atoms. The van der Waals surface area contributed by atoms with Crippen LogP contribution in [0, 0.1) is 5.92 Å². The van der Waals surface area contributed by atoms with Gasteiger partial charge in [-0.25, -0.2) is 0 Å². The molecule has 112 valence electrons. The number of nitrogens with one attached hydrogen (secondary N) is 2. The molecule has 1 saturated heterocycles. The van der Waals surface area contributed by atoms with Crippen LogP contribution >= 0.6 is 12.2 Å². The molecule has 0 aliphatic carbocycles. The van der Waals surface area contributed by atoms with Gasteiger partial charge in [-0.3, -0.25) is 0 Å². The summed E-state index contributed by atoms with van der Waals surface area (Å²) in [4.78, 5) is 5.53. The van der Waals surface area contributed by atoms with Gasteiger partial charge in [-0.15, -0.1) is 0 Å². The van der Waals surface area contributed by atoms with E-state index in [0.717, 1.165) is 11.3 Å². The number of methoxy groups -OCH3 is 1. The summed E-state index contributed by atoms with van der Waals surface area (Å²) in [6, 6.07) is 5.15. The molecule has 1 fully saturated rings. The third-order valence-corrected chi connectivity index (χ3v) is 4.19. The van der Waals surface area contributed by atoms with Crippen LogP contribution in [0.1, 0.15) is 25.5 Å². The summed E-state index contributed by atoms with van der Waals surface area (Å²) in [6.45, 7) is 3.85. The van der Waals surface area contributed by atoms with Gasteiger partial charge in [0, 0.05) is 0 Å². The molecule has 3 rings (SSSR count). The number of benzene rings is 1. The van der Waals surface area contributed by atoms with Crippen LogP contribution in [0.4, 0.5) is 0 Å². The van der Waals surface area contributed by atoms with E-state index in [2.05, 4.69) is 15.8 Å². The summed E-state index contributed by atoms with van der Waals surface area (Å²) in [7, 11) is 1.52. The summed E-state index contributed by atoms with van der Waals surface area (Å²) < 4.78 is 5.18. The molecule has 7 heteroatoms. The molecular weight excluding hydrogens is 290 g/mol. The third kappa shape index (κ3) is 2.17. The Hall–Kier alpha value is -2.02. The smallest absolute Gasteiger partial charge is 0.217 e. The number of fused-ring (bicyclic) bond motifs is 1. The molecule has 0 radical (unpaired) electrons. The SMILES string of the molecule is COc1cc([C@H]2NC(=S)NC3(C)ON=C(C)[C@@H]23)ccc1O. The first kappa shape index (κ1) is 13.9. The van der Waals surface area contributed by atoms with Crippen molar-refractivity contribution in [1.29, 1.82) is 0 Å². The number of rotatable bonds is 2. The quantitative estimate of drug-likeness (QED) is 0.722. The maximum Gasteiger partial charge on any atom is 0.217 e. The number of thiocarbonyl (C=S) groups is 1. The average Bonchev–Trinajstić information content (AvgIpc) is 2.74. The molecule has 1 aromatic carbocycles. The standard InChI is InChI=1S/C14H17N3O3S/c1-7-11-12(8-4-5-9(18)10(6-8)19-3)15-13(21)16-14(11,2)20-17-7/h4-6,11-12,18H,1-3H3,(H2,15,16,21)/t11-,12+,14?/m0/s1. The second kappa shape index (κ2) is 4.77. The maximum atomic E-state index is 9.74. The number of phenols is 1. The van der Waals surface area contributed by atoms with Crippen LogP contribution in [0.2, 0.25) is 0 Å². The highest BCUT2D eigenvalue weighted by Crippen LogP contribution is 2.41. The lowest BCUT2D eigenvalue weighted by molar-refractivity contribution is -0.0563. The zero-order valence-electron chi connectivity index (χ0n) is 12.0. The Labute approximate surface area is 128 Å². The van der Waals surface area contributed by atoms with Crippen molar-refractivity contribution in [1.82, 2.24) is 10.6 Å². The molecule has 1 unspecified atom stereocenters. The van der Waals surface area contributed by atoms with Crippen LogP contribution in [-0.2, 0) is 4.84 Å². The summed E-state index contributed by atoms with van der Waals surface area (Å²) >= 11 is 5.27. The first-order valence-electron chi connectivity index (χ1n) is 6.63. The van der Waals surface area contributed by atoms with Crippen molar-refractivity contribution >= 4 is 23.0 Å². The van der Waals surface area contributed by atoms with Crippen molar-refractivity contribution < 1.29 is 14.7 Å². The van der Waals surface area contributed by atoms with Crippen molar-refractivity contribution in [3.05, 3.63) is 23.8 Å². The van der Waals surface area contributed by atoms with Crippen molar-refractivity contribution in [2.45, 2.75) is 25.6 Å². The average molecular weight is 307 g/mol. The van der Waals surface area contributed by atoms with Gasteiger partial charge in [0.2, 0.25) is 5.72 Å². The molecule has 2 aliphatic heterocycles. The van der Waals surface area contributed by atoms with Gasteiger partial charge in [0.25, 0.3) is 0 Å². The highest BCUT2D eigenvalue weighted by atomic mass is 32.1. The molecule has 1 aromatic rings. The molecule has 2 heterocycles. The van der Waals surface area contributed by atoms with Crippen LogP contribution in [0.15, 0.2) is 23.4 Å². The molecule has 0 saturated carbocycles. The van der Waals surface area contributed by atoms with E-state index in [1.807, 2.05) is 19.9 Å². The third-order valence-electron chi connectivity index (χ3n) is 3.97. The lowest BCUT2D eigenvalue weighted by Crippen LogP contribution is -2.63. The Balaban J connectivity index is 2.03. The molecule has 2 aliphatic rings. The minimum absolute atomic E-state index is 0.0153. The van der Waals surface area contributed by atoms with Gasteiger partial charge in [0.15, 0.2) is 16.6 Å². The van der Waals surface area contributed by atoms with Crippen LogP contribution in [0.25, 0.3) is 0 Å². The molecule has 6 nitrogen and oxygen atoms in total. The van der Waals surface area contributed by atoms with E-state index in [1.54, 1.807) is 12.1 Å². The predicted octanol–water partition coefficient (Wildman–Crippen LogP) is 1.66. The number of hydrogen-bond donors (Lipinski definition) is 3. The number of oxime groups is 1. The van der Waals surface area contributed by atoms with Gasteiger partial charge in [0.1, 0.15) is 0 Å². The highest BCUT2D eigenvalue weighted by Gasteiger charge is 2.52. The van der Waals surface area contributed by atoms with Crippen molar-refractivity contribution in [3.8, 4) is 11.5 Å². The fourth-order valence-corrected chi connectivity index (χ4v) is 3.32. The maximum absolute atomic E-state index is 9.74. The van der Waals surface area contributed by atoms with Crippen LogP contribution < -0.4 is 15.4 Å². The summed E-state index contributed by atoms with van der Waals surface area (Å²) in [5, 5.41) is 20.7. The van der Waals surface area contributed by atoms with Gasteiger partial charge in [-0.05, 0) is 43.8 Å². The number of aromatic hydroxyl groups is 1. The second-order valence-electron chi connectivity index (χ2n) is 5.42. The van der Waals surface area contributed by atoms with Crippen molar-refractivity contribution in [2.75, 3.05) is 7.11 Å². The predicted molar refractivity (Wildman–Crippen MR) is 82.4 cm³/mol. The van der Waals surface area contributed by atoms with E-state index in [1.165, 1.54) is 7.11 Å².